The van der Waals surface area contributed by atoms with Crippen molar-refractivity contribution in [1.82, 2.24) is 10.2 Å². The van der Waals surface area contributed by atoms with Gasteiger partial charge in [0.05, 0.1) is 11.6 Å². The van der Waals surface area contributed by atoms with E-state index in [0.717, 1.165) is 12.0 Å². The molecule has 0 saturated carbocycles. The van der Waals surface area contributed by atoms with E-state index in [0.29, 0.717) is 11.0 Å². The average Bonchev–Trinajstić information content (AvgIpc) is 2.55. The molecule has 0 fully saturated rings. The molecule has 5 heteroatoms. The molecule has 0 heterocycles. The highest BCUT2D eigenvalue weighted by Crippen LogP contribution is 2.19. The first-order chi connectivity index (χ1) is 11.4. The molecule has 0 saturated heterocycles. The van der Waals surface area contributed by atoms with E-state index in [1.54, 1.807) is 6.07 Å². The second kappa shape index (κ2) is 8.40. The predicted molar refractivity (Wildman–Crippen MR) is 98.7 cm³/mol. The van der Waals surface area contributed by atoms with Gasteiger partial charge in [0.15, 0.2) is 0 Å². The lowest BCUT2D eigenvalue weighted by atomic mass is 10.0. The van der Waals surface area contributed by atoms with Gasteiger partial charge in [-0.3, -0.25) is 4.79 Å². The summed E-state index contributed by atoms with van der Waals surface area (Å²) >= 11 is 3.19. The molecule has 128 valence electrons. The number of likely N-dealkylation sites (N-methyl/N-ethyl adjacent to an activating group) is 1. The molecular formula is C19H22BrFN2O. The summed E-state index contributed by atoms with van der Waals surface area (Å²) in [5.74, 6) is -0.937. The highest BCUT2D eigenvalue weighted by Gasteiger charge is 2.17. The van der Waals surface area contributed by atoms with Gasteiger partial charge in [-0.05, 0) is 49.8 Å². The monoisotopic (exact) mass is 392 g/mol. The van der Waals surface area contributed by atoms with Crippen molar-refractivity contribution in [3.05, 3.63) is 69.4 Å². The fourth-order valence-corrected chi connectivity index (χ4v) is 2.87. The zero-order valence-corrected chi connectivity index (χ0v) is 15.7. The number of nitrogens with zero attached hydrogens (tertiary/aromatic N) is 1. The Kier molecular flexibility index (Phi) is 6.52. The number of hydrogen-bond donors (Lipinski definition) is 1. The highest BCUT2D eigenvalue weighted by atomic mass is 79.9. The second-order valence-electron chi connectivity index (χ2n) is 5.91. The molecule has 0 aliphatic heterocycles. The smallest absolute Gasteiger partial charge is 0.254 e. The first kappa shape index (κ1) is 18.6. The van der Waals surface area contributed by atoms with Crippen LogP contribution < -0.4 is 5.32 Å². The van der Waals surface area contributed by atoms with Crippen molar-refractivity contribution in [2.45, 2.75) is 19.4 Å². The Morgan fingerprint density at radius 1 is 1.21 bits per heavy atom. The quantitative estimate of drug-likeness (QED) is 0.799. The number of hydrogen-bond acceptors (Lipinski definition) is 2. The Morgan fingerprint density at radius 2 is 1.88 bits per heavy atom. The maximum absolute atomic E-state index is 13.9. The molecule has 24 heavy (non-hydrogen) atoms. The van der Waals surface area contributed by atoms with Gasteiger partial charge < -0.3 is 10.2 Å². The molecule has 3 nitrogen and oxygen atoms in total. The normalized spacial score (nSPS) is 12.2. The molecule has 2 aromatic carbocycles. The molecule has 0 aromatic heterocycles. The lowest BCUT2D eigenvalue weighted by Gasteiger charge is -2.25. The van der Waals surface area contributed by atoms with Crippen molar-refractivity contribution < 1.29 is 9.18 Å². The van der Waals surface area contributed by atoms with Gasteiger partial charge >= 0.3 is 0 Å². The van der Waals surface area contributed by atoms with Crippen molar-refractivity contribution >= 4 is 21.8 Å². The summed E-state index contributed by atoms with van der Waals surface area (Å²) in [5, 5.41) is 2.83. The second-order valence-corrected chi connectivity index (χ2v) is 6.82. The summed E-state index contributed by atoms with van der Waals surface area (Å²) in [5.41, 5.74) is 2.45. The van der Waals surface area contributed by atoms with Crippen LogP contribution in [0.15, 0.2) is 46.9 Å². The first-order valence-electron chi connectivity index (χ1n) is 7.91. The van der Waals surface area contributed by atoms with Crippen LogP contribution in [0.4, 0.5) is 4.39 Å². The van der Waals surface area contributed by atoms with E-state index < -0.39 is 11.7 Å². The van der Waals surface area contributed by atoms with E-state index >= 15 is 0 Å². The van der Waals surface area contributed by atoms with Gasteiger partial charge in [0.25, 0.3) is 5.91 Å². The van der Waals surface area contributed by atoms with Gasteiger partial charge in [-0.15, -0.1) is 0 Å². The van der Waals surface area contributed by atoms with Gasteiger partial charge in [0.1, 0.15) is 5.82 Å². The molecule has 1 amide bonds. The van der Waals surface area contributed by atoms with Gasteiger partial charge in [-0.1, -0.05) is 47.1 Å². The summed E-state index contributed by atoms with van der Waals surface area (Å²) in [6.07, 6.45) is 0.993. The van der Waals surface area contributed by atoms with E-state index in [9.17, 15) is 9.18 Å². The van der Waals surface area contributed by atoms with Crippen LogP contribution in [-0.4, -0.2) is 31.4 Å². The third-order valence-electron chi connectivity index (χ3n) is 4.03. The number of benzene rings is 2. The molecule has 0 aliphatic carbocycles. The third kappa shape index (κ3) is 4.65. The molecule has 1 atom stereocenters. The van der Waals surface area contributed by atoms with Crippen LogP contribution >= 0.6 is 15.9 Å². The standard InChI is InChI=1S/C19H22BrFN2O/c1-4-13-5-7-14(8-6-13)18(23(2)3)12-22-19(24)16-10-9-15(20)11-17(16)21/h5-11,18H,4,12H2,1-3H3,(H,22,24). The molecule has 1 unspecified atom stereocenters. The number of rotatable bonds is 6. The van der Waals surface area contributed by atoms with E-state index in [2.05, 4.69) is 52.4 Å². The number of aryl methyl sites for hydroxylation is 1. The minimum Gasteiger partial charge on any atom is -0.350 e. The molecular weight excluding hydrogens is 371 g/mol. The van der Waals surface area contributed by atoms with Crippen molar-refractivity contribution in [2.75, 3.05) is 20.6 Å². The first-order valence-corrected chi connectivity index (χ1v) is 8.70. The van der Waals surface area contributed by atoms with Gasteiger partial charge in [0, 0.05) is 11.0 Å². The topological polar surface area (TPSA) is 32.3 Å². The van der Waals surface area contributed by atoms with Crippen LogP contribution in [0.1, 0.15) is 34.5 Å². The lowest BCUT2D eigenvalue weighted by Crippen LogP contribution is -2.34. The molecule has 2 rings (SSSR count). The third-order valence-corrected chi connectivity index (χ3v) is 4.52. The summed E-state index contributed by atoms with van der Waals surface area (Å²) in [6, 6.07) is 12.8. The van der Waals surface area contributed by atoms with Crippen LogP contribution in [0, 0.1) is 5.82 Å². The minimum absolute atomic E-state index is 0.0263. The van der Waals surface area contributed by atoms with Crippen LogP contribution in [0.3, 0.4) is 0 Å². The number of carbonyl (C=O) groups is 1. The Hall–Kier alpha value is -1.72. The zero-order valence-electron chi connectivity index (χ0n) is 14.1. The Bertz CT molecular complexity index is 701. The van der Waals surface area contributed by atoms with Crippen LogP contribution in [0.5, 0.6) is 0 Å². The number of carbonyl (C=O) groups excluding carboxylic acids is 1. The largest absolute Gasteiger partial charge is 0.350 e. The van der Waals surface area contributed by atoms with Crippen molar-refractivity contribution in [3.63, 3.8) is 0 Å². The van der Waals surface area contributed by atoms with E-state index in [1.165, 1.54) is 17.7 Å². The van der Waals surface area contributed by atoms with E-state index in [-0.39, 0.29) is 11.6 Å². The number of halogens is 2. The van der Waals surface area contributed by atoms with Gasteiger partial charge in [-0.2, -0.15) is 0 Å². The summed E-state index contributed by atoms with van der Waals surface area (Å²) in [7, 11) is 3.93. The molecule has 0 aliphatic rings. The Labute approximate surface area is 151 Å². The van der Waals surface area contributed by atoms with Gasteiger partial charge in [0.2, 0.25) is 0 Å². The van der Waals surface area contributed by atoms with Crippen LogP contribution in [0.25, 0.3) is 0 Å². The molecule has 0 radical (unpaired) electrons. The van der Waals surface area contributed by atoms with Gasteiger partial charge in [-0.25, -0.2) is 4.39 Å². The summed E-state index contributed by atoms with van der Waals surface area (Å²) in [6.45, 7) is 2.53. The minimum atomic E-state index is -0.532. The average molecular weight is 393 g/mol. The van der Waals surface area contributed by atoms with Crippen LogP contribution in [0.2, 0.25) is 0 Å². The number of nitrogens with one attached hydrogen (secondary N) is 1. The van der Waals surface area contributed by atoms with Crippen LogP contribution in [-0.2, 0) is 6.42 Å². The maximum Gasteiger partial charge on any atom is 0.254 e. The Balaban J connectivity index is 2.09. The molecule has 0 bridgehead atoms. The number of amides is 1. The zero-order chi connectivity index (χ0) is 17.7. The molecule has 1 N–H and O–H groups in total. The summed E-state index contributed by atoms with van der Waals surface area (Å²) < 4.78 is 14.5. The van der Waals surface area contributed by atoms with Crippen molar-refractivity contribution in [3.8, 4) is 0 Å². The molecule has 2 aromatic rings. The van der Waals surface area contributed by atoms with E-state index in [4.69, 9.17) is 0 Å². The SMILES string of the molecule is CCc1ccc(C(CNC(=O)c2ccc(Br)cc2F)N(C)C)cc1. The van der Waals surface area contributed by atoms with Crippen molar-refractivity contribution in [1.29, 1.82) is 0 Å². The lowest BCUT2D eigenvalue weighted by molar-refractivity contribution is 0.0938. The fraction of sp³-hybridized carbons (Fsp3) is 0.316. The fourth-order valence-electron chi connectivity index (χ4n) is 2.53. The van der Waals surface area contributed by atoms with Crippen molar-refractivity contribution in [2.24, 2.45) is 0 Å². The highest BCUT2D eigenvalue weighted by molar-refractivity contribution is 9.10. The predicted octanol–water partition coefficient (Wildman–Crippen LogP) is 4.18. The summed E-state index contributed by atoms with van der Waals surface area (Å²) in [4.78, 5) is 14.3. The maximum atomic E-state index is 13.9. The Morgan fingerprint density at radius 3 is 2.42 bits per heavy atom. The molecule has 0 spiro atoms. The van der Waals surface area contributed by atoms with E-state index in [1.807, 2.05) is 19.0 Å².